The fourth-order valence-electron chi connectivity index (χ4n) is 4.55. The number of hydrogen-bond donors (Lipinski definition) is 0. The molecule has 3 aromatic rings. The molecule has 2 aliphatic rings. The predicted molar refractivity (Wildman–Crippen MR) is 151 cm³/mol. The summed E-state index contributed by atoms with van der Waals surface area (Å²) in [6.45, 7) is 1.74. The van der Waals surface area contributed by atoms with Crippen LogP contribution in [0.4, 0.5) is 4.39 Å². The van der Waals surface area contributed by atoms with E-state index in [1.165, 1.54) is 17.5 Å². The summed E-state index contributed by atoms with van der Waals surface area (Å²) in [5.41, 5.74) is 4.46. The summed E-state index contributed by atoms with van der Waals surface area (Å²) < 4.78 is 45.2. The summed E-state index contributed by atoms with van der Waals surface area (Å²) in [4.78, 5) is 4.92. The second-order valence-electron chi connectivity index (χ2n) is 8.72. The van der Waals surface area contributed by atoms with Crippen LogP contribution in [0, 0.1) is 3.57 Å². The van der Waals surface area contributed by atoms with E-state index in [1.807, 2.05) is 40.8 Å². The summed E-state index contributed by atoms with van der Waals surface area (Å²) in [7, 11) is -1.69. The van der Waals surface area contributed by atoms with Gasteiger partial charge in [0.15, 0.2) is 0 Å². The molecule has 0 amide bonds. The minimum atomic E-state index is -3.77. The topological polar surface area (TPSA) is 42.3 Å². The van der Waals surface area contributed by atoms with Gasteiger partial charge in [0.1, 0.15) is 0 Å². The summed E-state index contributed by atoms with van der Waals surface area (Å²) in [5.74, 6) is 0. The third-order valence-electron chi connectivity index (χ3n) is 6.48. The molecule has 1 atom stereocenters. The van der Waals surface area contributed by atoms with E-state index >= 15 is 0 Å². The molecule has 0 saturated heterocycles. The molecule has 0 bridgehead atoms. The van der Waals surface area contributed by atoms with Crippen LogP contribution in [0.25, 0.3) is 16.5 Å². The van der Waals surface area contributed by atoms with E-state index in [4.69, 9.17) is 0 Å². The zero-order valence-electron chi connectivity index (χ0n) is 18.5. The van der Waals surface area contributed by atoms with Crippen molar-refractivity contribution < 1.29 is 12.8 Å². The van der Waals surface area contributed by atoms with E-state index in [9.17, 15) is 12.8 Å². The first kappa shape index (κ1) is 24.6. The van der Waals surface area contributed by atoms with Gasteiger partial charge < -0.3 is 0 Å². The Hall–Kier alpha value is -0.0579. The molecule has 2 aromatic carbocycles. The minimum absolute atomic E-state index is 0.121. The molecule has 1 unspecified atom stereocenters. The van der Waals surface area contributed by atoms with E-state index in [2.05, 4.69) is 23.0 Å². The van der Waals surface area contributed by atoms with Crippen LogP contribution in [0.5, 0.6) is 0 Å². The first-order chi connectivity index (χ1) is 15.6. The van der Waals surface area contributed by atoms with Gasteiger partial charge >= 0.3 is 234 Å². The average molecular weight is 882 g/mol. The zero-order chi connectivity index (χ0) is 23.5. The number of rotatable bonds is 4. The van der Waals surface area contributed by atoms with E-state index in [-0.39, 0.29) is 25.8 Å². The number of aryl methyl sites for hydroxylation is 1. The third kappa shape index (κ3) is 4.60. The molecule has 3 heterocycles. The Morgan fingerprint density at radius 1 is 1.18 bits per heavy atom. The van der Waals surface area contributed by atoms with Crippen molar-refractivity contribution >= 4 is 94.7 Å². The number of benzene rings is 2. The standard InChI is InChI=1S/C24H24FI2N2O2S.Tl/c1-27-10-7-17-13-19(4-5-22(17)27)32(30,31)29-15-21(16-8-11-28(2)12-9-16)20-14-18(24(25)26)3-6-23(20)29;/h3-6,8,13-15H,7,9-12H2,1-2H3;. The molecule has 1 aromatic heterocycles. The van der Waals surface area contributed by atoms with Gasteiger partial charge in [0.25, 0.3) is 0 Å². The van der Waals surface area contributed by atoms with E-state index < -0.39 is 31.1 Å². The van der Waals surface area contributed by atoms with Gasteiger partial charge in [-0.1, -0.05) is 0 Å². The van der Waals surface area contributed by atoms with Gasteiger partial charge in [0, 0.05) is 0 Å². The van der Waals surface area contributed by atoms with E-state index in [0.29, 0.717) is 16.0 Å². The van der Waals surface area contributed by atoms with Gasteiger partial charge in [0.2, 0.25) is 0 Å². The molecule has 4 nitrogen and oxygen atoms in total. The van der Waals surface area contributed by atoms with Gasteiger partial charge in [-0.15, -0.1) is 0 Å². The number of aromatic nitrogens is 1. The van der Waals surface area contributed by atoms with Gasteiger partial charge in [-0.3, -0.25) is 0 Å². The Labute approximate surface area is 231 Å². The van der Waals surface area contributed by atoms with Crippen LogP contribution in [0.15, 0.2) is 53.6 Å². The van der Waals surface area contributed by atoms with Crippen molar-refractivity contribution in [1.82, 2.24) is 8.87 Å². The summed E-state index contributed by atoms with van der Waals surface area (Å²) in [6.07, 6.45) is 5.75. The van der Waals surface area contributed by atoms with Gasteiger partial charge in [0.05, 0.1) is 0 Å². The fourth-order valence-corrected chi connectivity index (χ4v) is 11.4. The van der Waals surface area contributed by atoms with Crippen molar-refractivity contribution in [3.8, 4) is 0 Å². The Morgan fingerprint density at radius 2 is 1.97 bits per heavy atom. The maximum atomic E-state index is 14.9. The van der Waals surface area contributed by atoms with Crippen LogP contribution in [0.1, 0.15) is 23.1 Å². The second-order valence-corrected chi connectivity index (χ2v) is 25.4. The van der Waals surface area contributed by atoms with Gasteiger partial charge in [-0.2, -0.15) is 0 Å². The van der Waals surface area contributed by atoms with Crippen molar-refractivity contribution in [3.63, 3.8) is 0 Å². The molecule has 33 heavy (non-hydrogen) atoms. The number of nitrogens with zero attached hydrogens (tertiary/aromatic N) is 2. The van der Waals surface area contributed by atoms with E-state index in [0.717, 1.165) is 42.5 Å². The van der Waals surface area contributed by atoms with Crippen molar-refractivity contribution in [2.24, 2.45) is 0 Å². The van der Waals surface area contributed by atoms with Crippen LogP contribution in [0.2, 0.25) is 0 Å². The number of halogens is 3. The average Bonchev–Trinajstić information content (AvgIpc) is 3.34. The molecular weight excluding hydrogens is 858 g/mol. The molecule has 0 radical (unpaired) electrons. The van der Waals surface area contributed by atoms with Crippen LogP contribution in [-0.2, 0) is 17.7 Å². The van der Waals surface area contributed by atoms with Crippen LogP contribution in [-0.4, -0.2) is 72.6 Å². The zero-order valence-corrected chi connectivity index (χ0v) is 28.1. The number of fused-ring (bicyclic) bond motifs is 2. The van der Waals surface area contributed by atoms with Gasteiger partial charge in [-0.05, 0) is 0 Å². The van der Waals surface area contributed by atoms with E-state index in [1.54, 1.807) is 24.4 Å². The Balaban J connectivity index is 1.70. The van der Waals surface area contributed by atoms with Crippen molar-refractivity contribution in [2.75, 3.05) is 29.5 Å². The monoisotopic (exact) mass is 882 g/mol. The van der Waals surface area contributed by atoms with Crippen molar-refractivity contribution in [3.05, 3.63) is 68.9 Å². The Kier molecular flexibility index (Phi) is 6.80. The summed E-state index contributed by atoms with van der Waals surface area (Å²) >= 11 is 0.877. The van der Waals surface area contributed by atoms with Crippen molar-refractivity contribution in [1.29, 1.82) is 0 Å². The quantitative estimate of drug-likeness (QED) is 0.207. The van der Waals surface area contributed by atoms with Crippen LogP contribution < -0.4 is 0 Å². The molecule has 5 rings (SSSR count). The molecule has 2 aliphatic heterocycles. The molecule has 0 fully saturated rings. The maximum absolute atomic E-state index is 14.9. The summed E-state index contributed by atoms with van der Waals surface area (Å²) in [6, 6.07) is 11.1. The number of alkyl halides is 4. The SMILES string of the molecule is CN1CC=C(c2cn(S(=O)(=O)c3ccc4c(c3)CCI4C)c3ccc([C](F)(I)[Tl])cc23)CC1. The first-order valence-corrected chi connectivity index (χ1v) is 20.2. The molecule has 172 valence electrons. The normalized spacial score (nSPS) is 20.0. The van der Waals surface area contributed by atoms with Crippen LogP contribution >= 0.6 is 42.4 Å². The Bertz CT molecular complexity index is 1400. The first-order valence-electron chi connectivity index (χ1n) is 10.7. The van der Waals surface area contributed by atoms with Crippen LogP contribution in [0.3, 0.4) is 0 Å². The second kappa shape index (κ2) is 9.11. The Morgan fingerprint density at radius 3 is 2.67 bits per heavy atom. The fraction of sp³-hybridized carbons (Fsp3) is 0.333. The predicted octanol–water partition coefficient (Wildman–Crippen LogP) is 5.14. The molecule has 0 aliphatic carbocycles. The molecule has 0 saturated carbocycles. The number of hydrogen-bond acceptors (Lipinski definition) is 3. The number of likely N-dealkylation sites (N-methyl/N-ethyl adjacent to an activating group) is 1. The molecule has 9 heteroatoms. The van der Waals surface area contributed by atoms with Gasteiger partial charge in [-0.25, -0.2) is 0 Å². The molecular formula is C24H24FI2N2O2STl. The molecule has 0 N–H and O–H groups in total. The summed E-state index contributed by atoms with van der Waals surface area (Å²) in [5, 5.41) is 0.814. The third-order valence-corrected chi connectivity index (χ3v) is 15.3. The molecule has 0 spiro atoms. The van der Waals surface area contributed by atoms with Crippen molar-refractivity contribution in [2.45, 2.75) is 19.0 Å².